The summed E-state index contributed by atoms with van der Waals surface area (Å²) in [6.07, 6.45) is 11.8. The van der Waals surface area contributed by atoms with E-state index in [4.69, 9.17) is 4.74 Å². The summed E-state index contributed by atoms with van der Waals surface area (Å²) in [6.45, 7) is 6.44. The van der Waals surface area contributed by atoms with Crippen molar-refractivity contribution in [3.05, 3.63) is 0 Å². The molecule has 0 atom stereocenters. The fourth-order valence-corrected chi connectivity index (χ4v) is 3.87. The summed E-state index contributed by atoms with van der Waals surface area (Å²) in [5, 5.41) is 0. The van der Waals surface area contributed by atoms with Crippen molar-refractivity contribution in [1.82, 2.24) is 0 Å². The molecule has 0 aromatic heterocycles. The molecule has 0 aromatic rings. The summed E-state index contributed by atoms with van der Waals surface area (Å²) >= 11 is 0. The average molecular weight is 238 g/mol. The first-order valence-corrected chi connectivity index (χ1v) is 7.87. The zero-order valence-electron chi connectivity index (χ0n) is 11.8. The fourth-order valence-electron chi connectivity index (χ4n) is 3.87. The highest BCUT2D eigenvalue weighted by Crippen LogP contribution is 2.41. The van der Waals surface area contributed by atoms with E-state index in [0.29, 0.717) is 0 Å². The van der Waals surface area contributed by atoms with E-state index in [-0.39, 0.29) is 0 Å². The van der Waals surface area contributed by atoms with Crippen molar-refractivity contribution in [2.45, 2.75) is 65.2 Å². The minimum atomic E-state index is 0.869. The van der Waals surface area contributed by atoms with Gasteiger partial charge in [-0.25, -0.2) is 0 Å². The van der Waals surface area contributed by atoms with Crippen LogP contribution in [0.2, 0.25) is 0 Å². The van der Waals surface area contributed by atoms with Crippen LogP contribution in [-0.2, 0) is 4.74 Å². The van der Waals surface area contributed by atoms with Crippen LogP contribution in [0.5, 0.6) is 0 Å². The Morgan fingerprint density at radius 3 is 1.88 bits per heavy atom. The third-order valence-corrected chi connectivity index (χ3v) is 5.18. The Balaban J connectivity index is 1.68. The third-order valence-electron chi connectivity index (χ3n) is 5.18. The molecule has 2 fully saturated rings. The van der Waals surface area contributed by atoms with E-state index in [1.807, 2.05) is 0 Å². The van der Waals surface area contributed by atoms with Gasteiger partial charge < -0.3 is 4.74 Å². The molecule has 0 bridgehead atoms. The minimum absolute atomic E-state index is 0.869. The molecule has 2 rings (SSSR count). The molecular formula is C16H30O. The van der Waals surface area contributed by atoms with E-state index in [2.05, 4.69) is 13.8 Å². The van der Waals surface area contributed by atoms with E-state index in [0.717, 1.165) is 36.9 Å². The van der Waals surface area contributed by atoms with Gasteiger partial charge in [0.1, 0.15) is 0 Å². The van der Waals surface area contributed by atoms with Crippen LogP contribution in [0, 0.1) is 23.7 Å². The highest BCUT2D eigenvalue weighted by molar-refractivity contribution is 4.81. The molecule has 17 heavy (non-hydrogen) atoms. The van der Waals surface area contributed by atoms with E-state index < -0.39 is 0 Å². The van der Waals surface area contributed by atoms with Crippen molar-refractivity contribution >= 4 is 0 Å². The van der Waals surface area contributed by atoms with Crippen LogP contribution in [0.3, 0.4) is 0 Å². The first kappa shape index (κ1) is 13.4. The van der Waals surface area contributed by atoms with E-state index in [1.54, 1.807) is 0 Å². The highest BCUT2D eigenvalue weighted by Gasteiger charge is 2.29. The lowest BCUT2D eigenvalue weighted by Crippen LogP contribution is -2.26. The second kappa shape index (κ2) is 6.78. The van der Waals surface area contributed by atoms with Crippen molar-refractivity contribution in [1.29, 1.82) is 0 Å². The third kappa shape index (κ3) is 3.98. The highest BCUT2D eigenvalue weighted by atomic mass is 16.5. The molecule has 1 heteroatoms. The topological polar surface area (TPSA) is 9.23 Å². The largest absolute Gasteiger partial charge is 0.381 e. The van der Waals surface area contributed by atoms with Crippen LogP contribution in [0.15, 0.2) is 0 Å². The molecule has 0 aliphatic heterocycles. The van der Waals surface area contributed by atoms with Crippen LogP contribution < -0.4 is 0 Å². The number of hydrogen-bond acceptors (Lipinski definition) is 1. The van der Waals surface area contributed by atoms with Gasteiger partial charge in [0.2, 0.25) is 0 Å². The zero-order valence-corrected chi connectivity index (χ0v) is 11.8. The molecule has 0 aromatic carbocycles. The second-order valence-corrected chi connectivity index (χ2v) is 6.46. The summed E-state index contributed by atoms with van der Waals surface area (Å²) < 4.78 is 5.57. The lowest BCUT2D eigenvalue weighted by atomic mass is 9.69. The van der Waals surface area contributed by atoms with E-state index in [1.165, 1.54) is 51.4 Å². The Hall–Kier alpha value is -0.0400. The number of ether oxygens (including phenoxy) is 1. The zero-order chi connectivity index (χ0) is 12.1. The van der Waals surface area contributed by atoms with Crippen LogP contribution in [-0.4, -0.2) is 13.2 Å². The first-order chi connectivity index (χ1) is 8.29. The van der Waals surface area contributed by atoms with Crippen molar-refractivity contribution in [3.63, 3.8) is 0 Å². The molecule has 0 spiro atoms. The number of rotatable bonds is 4. The maximum Gasteiger partial charge on any atom is 0.0494 e. The van der Waals surface area contributed by atoms with Gasteiger partial charge in [-0.2, -0.15) is 0 Å². The molecule has 0 N–H and O–H groups in total. The van der Waals surface area contributed by atoms with Gasteiger partial charge in [0.25, 0.3) is 0 Å². The monoisotopic (exact) mass is 238 g/mol. The Morgan fingerprint density at radius 1 is 0.824 bits per heavy atom. The Bertz CT molecular complexity index is 198. The quantitative estimate of drug-likeness (QED) is 0.692. The Morgan fingerprint density at radius 2 is 1.35 bits per heavy atom. The molecule has 0 radical (unpaired) electrons. The van der Waals surface area contributed by atoms with Gasteiger partial charge >= 0.3 is 0 Å². The summed E-state index contributed by atoms with van der Waals surface area (Å²) in [5.74, 6) is 3.99. The standard InChI is InChI=1S/C16H30O/c1-3-17-12-14-6-10-16(11-7-14)15-8-4-13(2)5-9-15/h13-16H,3-12H2,1-2H3/t13?,14-,15?,16-. The summed E-state index contributed by atoms with van der Waals surface area (Å²) in [4.78, 5) is 0. The SMILES string of the molecule is CCOC[C@H]1CC[C@H](C2CCC(C)CC2)CC1. The predicted molar refractivity (Wildman–Crippen MR) is 73.1 cm³/mol. The average Bonchev–Trinajstić information content (AvgIpc) is 2.38. The molecule has 100 valence electrons. The van der Waals surface area contributed by atoms with Crippen LogP contribution in [0.4, 0.5) is 0 Å². The molecular weight excluding hydrogens is 208 g/mol. The van der Waals surface area contributed by atoms with Gasteiger partial charge in [0.15, 0.2) is 0 Å². The van der Waals surface area contributed by atoms with Gasteiger partial charge in [-0.1, -0.05) is 19.8 Å². The second-order valence-electron chi connectivity index (χ2n) is 6.46. The van der Waals surface area contributed by atoms with Crippen molar-refractivity contribution in [3.8, 4) is 0 Å². The lowest BCUT2D eigenvalue weighted by Gasteiger charge is -2.37. The lowest BCUT2D eigenvalue weighted by molar-refractivity contribution is 0.0720. The molecule has 2 aliphatic rings. The van der Waals surface area contributed by atoms with Gasteiger partial charge in [0.05, 0.1) is 0 Å². The Kier molecular flexibility index (Phi) is 5.34. The molecule has 0 unspecified atom stereocenters. The van der Waals surface area contributed by atoms with E-state index >= 15 is 0 Å². The van der Waals surface area contributed by atoms with Crippen molar-refractivity contribution in [2.75, 3.05) is 13.2 Å². The molecule has 0 saturated heterocycles. The molecule has 1 nitrogen and oxygen atoms in total. The Labute approximate surface area is 107 Å². The maximum absolute atomic E-state index is 5.57. The van der Waals surface area contributed by atoms with Crippen LogP contribution >= 0.6 is 0 Å². The van der Waals surface area contributed by atoms with Crippen molar-refractivity contribution < 1.29 is 4.74 Å². The van der Waals surface area contributed by atoms with E-state index in [9.17, 15) is 0 Å². The minimum Gasteiger partial charge on any atom is -0.381 e. The maximum atomic E-state index is 5.57. The molecule has 0 amide bonds. The molecule has 0 heterocycles. The van der Waals surface area contributed by atoms with Gasteiger partial charge in [0, 0.05) is 13.2 Å². The normalized spacial score (nSPS) is 39.2. The fraction of sp³-hybridized carbons (Fsp3) is 1.00. The summed E-state index contributed by atoms with van der Waals surface area (Å²) in [6, 6.07) is 0. The van der Waals surface area contributed by atoms with Crippen LogP contribution in [0.1, 0.15) is 65.2 Å². The summed E-state index contributed by atoms with van der Waals surface area (Å²) in [5.41, 5.74) is 0. The van der Waals surface area contributed by atoms with Gasteiger partial charge in [-0.15, -0.1) is 0 Å². The summed E-state index contributed by atoms with van der Waals surface area (Å²) in [7, 11) is 0. The number of hydrogen-bond donors (Lipinski definition) is 0. The van der Waals surface area contributed by atoms with Gasteiger partial charge in [-0.3, -0.25) is 0 Å². The van der Waals surface area contributed by atoms with Crippen molar-refractivity contribution in [2.24, 2.45) is 23.7 Å². The molecule has 2 saturated carbocycles. The predicted octanol–water partition coefficient (Wildman–Crippen LogP) is 4.66. The van der Waals surface area contributed by atoms with Crippen LogP contribution in [0.25, 0.3) is 0 Å². The smallest absolute Gasteiger partial charge is 0.0494 e. The molecule has 2 aliphatic carbocycles. The van der Waals surface area contributed by atoms with Gasteiger partial charge in [-0.05, 0) is 69.1 Å². The first-order valence-electron chi connectivity index (χ1n) is 7.87.